The molecule has 0 rings (SSSR count). The lowest BCUT2D eigenvalue weighted by Gasteiger charge is -2.04. The fourth-order valence-corrected chi connectivity index (χ4v) is 2.93. The largest absolute Gasteiger partial charge is 0.315 e. The first kappa shape index (κ1) is 16.6. The van der Waals surface area contributed by atoms with Crippen LogP contribution in [0.15, 0.2) is 0 Å². The molecular weight excluding hydrogens is 437 g/mol. The summed E-state index contributed by atoms with van der Waals surface area (Å²) in [4.78, 5) is 0. The second-order valence-electron chi connectivity index (χ2n) is 3.72. The molecule has 0 saturated heterocycles. The SMILES string of the molecule is CCCCCCCCCCOP(=O)(I)I. The standard InChI is InChI=1S/C10H21I2O2P/c1-2-3-4-5-6-7-8-9-10-14-15(11,12)13/h2-10H2,1H3. The summed E-state index contributed by atoms with van der Waals surface area (Å²) >= 11 is 3.76. The van der Waals surface area contributed by atoms with Gasteiger partial charge in [0, 0.05) is 44.1 Å². The Kier molecular flexibility index (Phi) is 12.0. The van der Waals surface area contributed by atoms with Gasteiger partial charge in [-0.2, -0.15) is 0 Å². The minimum absolute atomic E-state index is 0.651. The number of hydrogen-bond acceptors (Lipinski definition) is 2. The lowest BCUT2D eigenvalue weighted by Crippen LogP contribution is -1.87. The summed E-state index contributed by atoms with van der Waals surface area (Å²) in [7, 11) is 0. The van der Waals surface area contributed by atoms with Crippen LogP contribution in [-0.4, -0.2) is 6.61 Å². The van der Waals surface area contributed by atoms with E-state index in [0.717, 1.165) is 6.42 Å². The van der Waals surface area contributed by atoms with Gasteiger partial charge in [0.15, 0.2) is 0 Å². The van der Waals surface area contributed by atoms with Crippen molar-refractivity contribution in [3.8, 4) is 0 Å². The first-order chi connectivity index (χ1) is 7.06. The minimum Gasteiger partial charge on any atom is -0.315 e. The predicted molar refractivity (Wildman–Crippen MR) is 84.2 cm³/mol. The highest BCUT2D eigenvalue weighted by Crippen LogP contribution is 2.63. The molecule has 0 fully saturated rings. The molecule has 0 aliphatic heterocycles. The Bertz CT molecular complexity index is 182. The Morgan fingerprint density at radius 1 is 0.933 bits per heavy atom. The van der Waals surface area contributed by atoms with E-state index in [2.05, 4.69) is 6.92 Å². The van der Waals surface area contributed by atoms with Gasteiger partial charge in [-0.25, -0.2) is 0 Å². The van der Waals surface area contributed by atoms with Crippen LogP contribution in [0.4, 0.5) is 0 Å². The minimum atomic E-state index is -2.30. The van der Waals surface area contributed by atoms with Crippen LogP contribution in [0.3, 0.4) is 0 Å². The van der Waals surface area contributed by atoms with Crippen LogP contribution in [0, 0.1) is 0 Å². The molecule has 0 aliphatic rings. The molecule has 92 valence electrons. The van der Waals surface area contributed by atoms with Crippen LogP contribution in [-0.2, 0) is 9.09 Å². The Labute approximate surface area is 120 Å². The van der Waals surface area contributed by atoms with Crippen molar-refractivity contribution in [1.82, 2.24) is 0 Å². The van der Waals surface area contributed by atoms with Gasteiger partial charge in [-0.05, 0) is 6.42 Å². The molecule has 15 heavy (non-hydrogen) atoms. The molecule has 0 bridgehead atoms. The summed E-state index contributed by atoms with van der Waals surface area (Å²) in [5, 5.41) is 0. The quantitative estimate of drug-likeness (QED) is 0.224. The molecule has 0 aromatic heterocycles. The van der Waals surface area contributed by atoms with Gasteiger partial charge in [-0.3, -0.25) is 4.57 Å². The van der Waals surface area contributed by atoms with Gasteiger partial charge < -0.3 is 4.52 Å². The molecule has 5 heteroatoms. The summed E-state index contributed by atoms with van der Waals surface area (Å²) in [6, 6.07) is 0. The van der Waals surface area contributed by atoms with Crippen LogP contribution in [0.1, 0.15) is 58.3 Å². The van der Waals surface area contributed by atoms with E-state index in [-0.39, 0.29) is 0 Å². The van der Waals surface area contributed by atoms with Crippen molar-refractivity contribution < 1.29 is 9.09 Å². The maximum atomic E-state index is 11.2. The van der Waals surface area contributed by atoms with Crippen LogP contribution < -0.4 is 0 Å². The average Bonchev–Trinajstić information content (AvgIpc) is 2.14. The Hall–Kier alpha value is 1.65. The molecule has 0 aromatic rings. The van der Waals surface area contributed by atoms with Gasteiger partial charge in [0.05, 0.1) is 6.61 Å². The Morgan fingerprint density at radius 2 is 1.40 bits per heavy atom. The molecule has 0 unspecified atom stereocenters. The molecule has 0 heterocycles. The fraction of sp³-hybridized carbons (Fsp3) is 1.00. The third-order valence-electron chi connectivity index (χ3n) is 2.24. The van der Waals surface area contributed by atoms with Gasteiger partial charge in [-0.1, -0.05) is 51.9 Å². The van der Waals surface area contributed by atoms with E-state index < -0.39 is 2.65 Å². The van der Waals surface area contributed by atoms with E-state index in [9.17, 15) is 4.57 Å². The normalized spacial score (nSPS) is 11.9. The number of halogens is 2. The zero-order chi connectivity index (χ0) is 11.6. The van der Waals surface area contributed by atoms with Gasteiger partial charge in [0.1, 0.15) is 0 Å². The lowest BCUT2D eigenvalue weighted by molar-refractivity contribution is 0.325. The molecule has 0 N–H and O–H groups in total. The van der Waals surface area contributed by atoms with Crippen LogP contribution in [0.5, 0.6) is 0 Å². The summed E-state index contributed by atoms with van der Waals surface area (Å²) < 4.78 is 14.1. The highest BCUT2D eigenvalue weighted by atomic mass is 127. The summed E-state index contributed by atoms with van der Waals surface area (Å²) in [5.41, 5.74) is 0. The molecule has 0 atom stereocenters. The molecule has 0 aromatic carbocycles. The van der Waals surface area contributed by atoms with E-state index in [1.807, 2.05) is 44.1 Å². The number of unbranched alkanes of at least 4 members (excludes halogenated alkanes) is 7. The Balaban J connectivity index is 3.02. The number of rotatable bonds is 10. The first-order valence-corrected chi connectivity index (χ1v) is 12.9. The van der Waals surface area contributed by atoms with Gasteiger partial charge in [-0.15, -0.1) is 0 Å². The predicted octanol–water partition coefficient (Wildman–Crippen LogP) is 6.12. The van der Waals surface area contributed by atoms with Crippen LogP contribution in [0.2, 0.25) is 0 Å². The van der Waals surface area contributed by atoms with Crippen molar-refractivity contribution in [2.45, 2.75) is 58.3 Å². The van der Waals surface area contributed by atoms with Crippen molar-refractivity contribution in [3.63, 3.8) is 0 Å². The molecule has 2 nitrogen and oxygen atoms in total. The van der Waals surface area contributed by atoms with Gasteiger partial charge >= 0.3 is 2.65 Å². The van der Waals surface area contributed by atoms with E-state index in [4.69, 9.17) is 4.52 Å². The molecule has 0 aliphatic carbocycles. The zero-order valence-electron chi connectivity index (χ0n) is 9.38. The van der Waals surface area contributed by atoms with E-state index >= 15 is 0 Å². The molecule has 0 spiro atoms. The average molecular weight is 458 g/mol. The Morgan fingerprint density at radius 3 is 1.87 bits per heavy atom. The zero-order valence-corrected chi connectivity index (χ0v) is 14.6. The topological polar surface area (TPSA) is 26.3 Å². The molecule has 0 radical (unpaired) electrons. The van der Waals surface area contributed by atoms with Crippen molar-refractivity contribution in [2.75, 3.05) is 6.61 Å². The van der Waals surface area contributed by atoms with Crippen molar-refractivity contribution in [2.24, 2.45) is 0 Å². The second kappa shape index (κ2) is 10.8. The van der Waals surface area contributed by atoms with Crippen LogP contribution in [0.25, 0.3) is 0 Å². The smallest absolute Gasteiger partial charge is 0.315 e. The first-order valence-electron chi connectivity index (χ1n) is 5.70. The van der Waals surface area contributed by atoms with Gasteiger partial charge in [0.2, 0.25) is 0 Å². The molecule has 0 saturated carbocycles. The maximum Gasteiger partial charge on any atom is 0.315 e. The van der Waals surface area contributed by atoms with Crippen LogP contribution >= 0.6 is 46.7 Å². The van der Waals surface area contributed by atoms with Crippen molar-refractivity contribution >= 4 is 46.7 Å². The highest BCUT2D eigenvalue weighted by molar-refractivity contribution is 14.3. The monoisotopic (exact) mass is 458 g/mol. The van der Waals surface area contributed by atoms with E-state index in [1.54, 1.807) is 0 Å². The van der Waals surface area contributed by atoms with Gasteiger partial charge in [0.25, 0.3) is 0 Å². The summed E-state index contributed by atoms with van der Waals surface area (Å²) in [5.74, 6) is 0. The molecular formula is C10H21I2O2P. The van der Waals surface area contributed by atoms with E-state index in [1.165, 1.54) is 44.9 Å². The van der Waals surface area contributed by atoms with Crippen molar-refractivity contribution in [3.05, 3.63) is 0 Å². The maximum absolute atomic E-state index is 11.2. The third kappa shape index (κ3) is 15.6. The number of hydrogen-bond donors (Lipinski definition) is 0. The van der Waals surface area contributed by atoms with E-state index in [0.29, 0.717) is 6.61 Å². The molecule has 0 amide bonds. The highest BCUT2D eigenvalue weighted by Gasteiger charge is 2.10. The summed E-state index contributed by atoms with van der Waals surface area (Å²) in [6.45, 7) is 2.89. The fourth-order valence-electron chi connectivity index (χ4n) is 1.41. The summed E-state index contributed by atoms with van der Waals surface area (Å²) in [6.07, 6.45) is 10.3. The lowest BCUT2D eigenvalue weighted by atomic mass is 10.1. The third-order valence-corrected chi connectivity index (χ3v) is 4.39. The van der Waals surface area contributed by atoms with Crippen molar-refractivity contribution in [1.29, 1.82) is 0 Å². The second-order valence-corrected chi connectivity index (χ2v) is 18.0.